The standard InChI is InChI=1S/C19H20F2O3/c1-3-24-18(23)11-17(22)13(2)19(21)10-9-15(16(20)12-19)14-7-5-4-6-8-14/h4-10,12-13,15H,3,11H2,1-2H3. The van der Waals surface area contributed by atoms with Gasteiger partial charge in [0.05, 0.1) is 18.4 Å². The van der Waals surface area contributed by atoms with Crippen LogP contribution < -0.4 is 0 Å². The van der Waals surface area contributed by atoms with Crippen molar-refractivity contribution in [2.75, 3.05) is 6.61 Å². The van der Waals surface area contributed by atoms with Gasteiger partial charge in [-0.15, -0.1) is 0 Å². The number of Topliss-reactive ketones (excluding diaryl/α,β-unsaturated/α-hetero) is 1. The van der Waals surface area contributed by atoms with Crippen molar-refractivity contribution in [1.29, 1.82) is 0 Å². The van der Waals surface area contributed by atoms with Crippen LogP contribution in [0.3, 0.4) is 0 Å². The minimum Gasteiger partial charge on any atom is -0.466 e. The molecule has 5 heteroatoms. The first kappa shape index (κ1) is 18.0. The third-order valence-corrected chi connectivity index (χ3v) is 4.13. The summed E-state index contributed by atoms with van der Waals surface area (Å²) in [5.74, 6) is -3.82. The van der Waals surface area contributed by atoms with Crippen molar-refractivity contribution in [2.24, 2.45) is 5.92 Å². The number of esters is 1. The van der Waals surface area contributed by atoms with Gasteiger partial charge in [-0.25, -0.2) is 8.78 Å². The van der Waals surface area contributed by atoms with Crippen LogP contribution in [0.15, 0.2) is 54.4 Å². The third-order valence-electron chi connectivity index (χ3n) is 4.13. The van der Waals surface area contributed by atoms with E-state index in [0.29, 0.717) is 5.56 Å². The van der Waals surface area contributed by atoms with Gasteiger partial charge in [-0.2, -0.15) is 0 Å². The fourth-order valence-corrected chi connectivity index (χ4v) is 2.64. The Hall–Kier alpha value is -2.30. The highest BCUT2D eigenvalue weighted by atomic mass is 19.1. The van der Waals surface area contributed by atoms with Crippen LogP contribution in [0.1, 0.15) is 31.7 Å². The van der Waals surface area contributed by atoms with Crippen LogP contribution in [-0.2, 0) is 14.3 Å². The molecule has 0 spiro atoms. The maximum absolute atomic E-state index is 15.0. The molecule has 1 aromatic carbocycles. The van der Waals surface area contributed by atoms with Gasteiger partial charge >= 0.3 is 5.97 Å². The predicted molar refractivity (Wildman–Crippen MR) is 86.8 cm³/mol. The minimum atomic E-state index is -2.25. The topological polar surface area (TPSA) is 43.4 Å². The fraction of sp³-hybridized carbons (Fsp3) is 0.368. The van der Waals surface area contributed by atoms with Gasteiger partial charge in [0.2, 0.25) is 0 Å². The summed E-state index contributed by atoms with van der Waals surface area (Å²) in [6.07, 6.45) is 2.92. The highest BCUT2D eigenvalue weighted by Gasteiger charge is 2.40. The zero-order chi connectivity index (χ0) is 17.7. The van der Waals surface area contributed by atoms with Crippen molar-refractivity contribution in [3.05, 3.63) is 60.0 Å². The molecule has 24 heavy (non-hydrogen) atoms. The minimum absolute atomic E-state index is 0.147. The summed E-state index contributed by atoms with van der Waals surface area (Å²) in [5, 5.41) is 0. The van der Waals surface area contributed by atoms with E-state index in [1.54, 1.807) is 31.2 Å². The van der Waals surface area contributed by atoms with Gasteiger partial charge in [-0.3, -0.25) is 9.59 Å². The average Bonchev–Trinajstić information content (AvgIpc) is 2.55. The average molecular weight is 334 g/mol. The SMILES string of the molecule is CCOC(=O)CC(=O)C(C)C1(F)C=CC(c2ccccc2)C(F)=C1. The Bertz CT molecular complexity index is 666. The van der Waals surface area contributed by atoms with Crippen molar-refractivity contribution in [3.63, 3.8) is 0 Å². The Morgan fingerprint density at radius 1 is 1.29 bits per heavy atom. The smallest absolute Gasteiger partial charge is 0.313 e. The normalized spacial score (nSPS) is 24.2. The van der Waals surface area contributed by atoms with Gasteiger partial charge in [0.15, 0.2) is 11.5 Å². The highest BCUT2D eigenvalue weighted by Crippen LogP contribution is 2.39. The van der Waals surface area contributed by atoms with Crippen molar-refractivity contribution in [2.45, 2.75) is 31.9 Å². The molecule has 3 atom stereocenters. The number of ether oxygens (including phenoxy) is 1. The molecular weight excluding hydrogens is 314 g/mol. The van der Waals surface area contributed by atoms with E-state index in [4.69, 9.17) is 0 Å². The van der Waals surface area contributed by atoms with E-state index < -0.39 is 41.5 Å². The summed E-state index contributed by atoms with van der Waals surface area (Å²) < 4.78 is 34.1. The van der Waals surface area contributed by atoms with Crippen molar-refractivity contribution >= 4 is 11.8 Å². The van der Waals surface area contributed by atoms with Crippen LogP contribution in [0, 0.1) is 5.92 Å². The zero-order valence-electron chi connectivity index (χ0n) is 13.7. The lowest BCUT2D eigenvalue weighted by molar-refractivity contribution is -0.146. The molecule has 2 rings (SSSR count). The first-order valence-corrected chi connectivity index (χ1v) is 7.87. The summed E-state index contributed by atoms with van der Waals surface area (Å²) in [7, 11) is 0. The van der Waals surface area contributed by atoms with Gasteiger partial charge in [0.25, 0.3) is 0 Å². The molecule has 128 valence electrons. The van der Waals surface area contributed by atoms with Crippen molar-refractivity contribution in [3.8, 4) is 0 Å². The summed E-state index contributed by atoms with van der Waals surface area (Å²) in [5.41, 5.74) is -1.55. The lowest BCUT2D eigenvalue weighted by Gasteiger charge is -2.29. The molecule has 0 radical (unpaired) electrons. The van der Waals surface area contributed by atoms with E-state index in [1.165, 1.54) is 19.1 Å². The number of carbonyl (C=O) groups is 2. The highest BCUT2D eigenvalue weighted by molar-refractivity contribution is 5.97. The third kappa shape index (κ3) is 3.96. The Kier molecular flexibility index (Phi) is 5.65. The van der Waals surface area contributed by atoms with E-state index in [9.17, 15) is 14.0 Å². The van der Waals surface area contributed by atoms with Gasteiger partial charge in [-0.1, -0.05) is 43.3 Å². The number of benzene rings is 1. The summed E-state index contributed by atoms with van der Waals surface area (Å²) in [6.45, 7) is 3.11. The van der Waals surface area contributed by atoms with Gasteiger partial charge in [0, 0.05) is 0 Å². The largest absolute Gasteiger partial charge is 0.466 e. The molecule has 1 aromatic rings. The van der Waals surface area contributed by atoms with Gasteiger partial charge < -0.3 is 4.74 Å². The molecule has 3 unspecified atom stereocenters. The lowest BCUT2D eigenvalue weighted by atomic mass is 9.79. The number of hydrogen-bond acceptors (Lipinski definition) is 3. The maximum Gasteiger partial charge on any atom is 0.313 e. The van der Waals surface area contributed by atoms with Crippen LogP contribution in [0.5, 0.6) is 0 Å². The summed E-state index contributed by atoms with van der Waals surface area (Å²) in [6, 6.07) is 8.87. The molecule has 1 aliphatic carbocycles. The van der Waals surface area contributed by atoms with Crippen molar-refractivity contribution < 1.29 is 23.1 Å². The van der Waals surface area contributed by atoms with E-state index in [-0.39, 0.29) is 6.61 Å². The van der Waals surface area contributed by atoms with E-state index >= 15 is 4.39 Å². The molecule has 0 fully saturated rings. The molecule has 0 heterocycles. The van der Waals surface area contributed by atoms with Crippen LogP contribution in [0.2, 0.25) is 0 Å². The van der Waals surface area contributed by atoms with E-state index in [1.807, 2.05) is 6.07 Å². The van der Waals surface area contributed by atoms with Crippen LogP contribution in [0.25, 0.3) is 0 Å². The Balaban J connectivity index is 2.14. The van der Waals surface area contributed by atoms with E-state index in [0.717, 1.165) is 6.08 Å². The number of rotatable bonds is 6. The summed E-state index contributed by atoms with van der Waals surface area (Å²) in [4.78, 5) is 23.4. The summed E-state index contributed by atoms with van der Waals surface area (Å²) >= 11 is 0. The Morgan fingerprint density at radius 3 is 2.54 bits per heavy atom. The quantitative estimate of drug-likeness (QED) is 0.448. The second-order valence-corrected chi connectivity index (χ2v) is 5.77. The van der Waals surface area contributed by atoms with Crippen LogP contribution in [0.4, 0.5) is 8.78 Å². The number of allylic oxidation sites excluding steroid dienone is 4. The van der Waals surface area contributed by atoms with Gasteiger partial charge in [-0.05, 0) is 24.6 Å². The molecule has 3 nitrogen and oxygen atoms in total. The molecule has 0 aromatic heterocycles. The molecular formula is C19H20F2O3. The molecule has 0 saturated heterocycles. The monoisotopic (exact) mass is 334 g/mol. The van der Waals surface area contributed by atoms with E-state index in [2.05, 4.69) is 4.74 Å². The molecule has 0 amide bonds. The molecule has 0 saturated carbocycles. The second-order valence-electron chi connectivity index (χ2n) is 5.77. The Labute approximate surface area is 140 Å². The molecule has 0 N–H and O–H groups in total. The maximum atomic E-state index is 15.0. The second kappa shape index (κ2) is 7.51. The zero-order valence-corrected chi connectivity index (χ0v) is 13.7. The molecule has 1 aliphatic rings. The number of ketones is 1. The lowest BCUT2D eigenvalue weighted by Crippen LogP contribution is -2.36. The van der Waals surface area contributed by atoms with Gasteiger partial charge in [0.1, 0.15) is 12.2 Å². The Morgan fingerprint density at radius 2 is 1.96 bits per heavy atom. The van der Waals surface area contributed by atoms with Crippen molar-refractivity contribution in [1.82, 2.24) is 0 Å². The fourth-order valence-electron chi connectivity index (χ4n) is 2.64. The number of halogens is 2. The number of alkyl halides is 1. The first-order valence-electron chi connectivity index (χ1n) is 7.87. The first-order chi connectivity index (χ1) is 11.4. The molecule has 0 bridgehead atoms. The number of hydrogen-bond donors (Lipinski definition) is 0. The van der Waals surface area contributed by atoms with Crippen LogP contribution in [-0.4, -0.2) is 24.0 Å². The molecule has 0 aliphatic heterocycles. The predicted octanol–water partition coefficient (Wildman–Crippen LogP) is 4.06. The number of carbonyl (C=O) groups excluding carboxylic acids is 2. The van der Waals surface area contributed by atoms with Crippen LogP contribution >= 0.6 is 0 Å².